The summed E-state index contributed by atoms with van der Waals surface area (Å²) in [4.78, 5) is 6.36. The van der Waals surface area contributed by atoms with E-state index in [9.17, 15) is 4.39 Å². The highest BCUT2D eigenvalue weighted by atomic mass is 19.1. The number of pyridine rings is 1. The van der Waals surface area contributed by atoms with Crippen LogP contribution < -0.4 is 4.74 Å². The van der Waals surface area contributed by atoms with E-state index < -0.39 is 0 Å². The van der Waals surface area contributed by atoms with E-state index >= 15 is 0 Å². The Kier molecular flexibility index (Phi) is 4.91. The molecule has 1 aliphatic rings. The molecular weight excluding hydrogens is 295 g/mol. The first-order chi connectivity index (χ1) is 11.1. The summed E-state index contributed by atoms with van der Waals surface area (Å²) >= 11 is 0. The van der Waals surface area contributed by atoms with Gasteiger partial charge in [0.25, 0.3) is 5.88 Å². The van der Waals surface area contributed by atoms with E-state index in [4.69, 9.17) is 4.74 Å². The molecule has 0 atom stereocenters. The first kappa shape index (κ1) is 15.9. The van der Waals surface area contributed by atoms with Gasteiger partial charge in [-0.15, -0.1) is 0 Å². The van der Waals surface area contributed by atoms with Crippen molar-refractivity contribution in [2.24, 2.45) is 0 Å². The molecule has 0 aliphatic carbocycles. The van der Waals surface area contributed by atoms with Crippen molar-refractivity contribution in [2.45, 2.75) is 39.3 Å². The zero-order chi connectivity index (χ0) is 16.2. The number of aryl methyl sites for hydroxylation is 2. The van der Waals surface area contributed by atoms with Crippen LogP contribution in [0.25, 0.3) is 0 Å². The summed E-state index contributed by atoms with van der Waals surface area (Å²) in [6, 6.07) is 5.05. The van der Waals surface area contributed by atoms with Crippen LogP contribution in [-0.4, -0.2) is 45.4 Å². The minimum absolute atomic E-state index is 0.0457. The van der Waals surface area contributed by atoms with Crippen molar-refractivity contribution >= 4 is 0 Å². The Bertz CT molecular complexity index is 650. The molecule has 0 unspecified atom stereocenters. The summed E-state index contributed by atoms with van der Waals surface area (Å²) in [6.45, 7) is 7.90. The molecular formula is C17H23FN4O. The normalized spacial score (nSPS) is 16.7. The molecule has 6 heteroatoms. The minimum Gasteiger partial charge on any atom is -0.472 e. The lowest BCUT2D eigenvalue weighted by atomic mass is 10.1. The Balaban J connectivity index is 1.45. The third kappa shape index (κ3) is 4.07. The quantitative estimate of drug-likeness (QED) is 0.850. The first-order valence-electron chi connectivity index (χ1n) is 8.12. The monoisotopic (exact) mass is 318 g/mol. The molecule has 3 heterocycles. The average molecular weight is 318 g/mol. The number of nitrogens with zero attached hydrogens (tertiary/aromatic N) is 4. The zero-order valence-corrected chi connectivity index (χ0v) is 13.7. The largest absolute Gasteiger partial charge is 0.472 e. The van der Waals surface area contributed by atoms with Crippen LogP contribution in [0.1, 0.15) is 24.2 Å². The Morgan fingerprint density at radius 3 is 2.70 bits per heavy atom. The van der Waals surface area contributed by atoms with Crippen molar-refractivity contribution in [3.63, 3.8) is 0 Å². The van der Waals surface area contributed by atoms with E-state index in [1.807, 2.05) is 6.92 Å². The van der Waals surface area contributed by atoms with Gasteiger partial charge in [0.2, 0.25) is 0 Å². The van der Waals surface area contributed by atoms with Gasteiger partial charge in [-0.2, -0.15) is 5.10 Å². The Labute approximate surface area is 136 Å². The predicted octanol–water partition coefficient (Wildman–Crippen LogP) is 2.58. The fourth-order valence-corrected chi connectivity index (χ4v) is 3.00. The molecule has 2 aromatic rings. The molecule has 0 bridgehead atoms. The molecule has 3 rings (SSSR count). The van der Waals surface area contributed by atoms with E-state index in [-0.39, 0.29) is 17.8 Å². The lowest BCUT2D eigenvalue weighted by molar-refractivity contribution is 0.0907. The highest BCUT2D eigenvalue weighted by molar-refractivity contribution is 5.13. The Hall–Kier alpha value is -1.95. The van der Waals surface area contributed by atoms with Gasteiger partial charge in [-0.3, -0.25) is 4.68 Å². The third-order valence-electron chi connectivity index (χ3n) is 4.27. The molecule has 0 spiro atoms. The van der Waals surface area contributed by atoms with Crippen molar-refractivity contribution < 1.29 is 9.13 Å². The van der Waals surface area contributed by atoms with Crippen LogP contribution in [0, 0.1) is 19.7 Å². The third-order valence-corrected chi connectivity index (χ3v) is 4.27. The van der Waals surface area contributed by atoms with E-state index in [2.05, 4.69) is 32.7 Å². The van der Waals surface area contributed by atoms with Gasteiger partial charge in [-0.05, 0) is 44.9 Å². The predicted molar refractivity (Wildman–Crippen MR) is 86.0 cm³/mol. The van der Waals surface area contributed by atoms with Crippen LogP contribution in [0.2, 0.25) is 0 Å². The summed E-state index contributed by atoms with van der Waals surface area (Å²) < 4.78 is 21.3. The summed E-state index contributed by atoms with van der Waals surface area (Å²) in [5, 5.41) is 4.49. The lowest BCUT2D eigenvalue weighted by Crippen LogP contribution is -2.40. The van der Waals surface area contributed by atoms with Crippen LogP contribution in [0.5, 0.6) is 5.88 Å². The lowest BCUT2D eigenvalue weighted by Gasteiger charge is -2.31. The highest BCUT2D eigenvalue weighted by Gasteiger charge is 2.21. The van der Waals surface area contributed by atoms with Crippen molar-refractivity contribution in [3.05, 3.63) is 41.6 Å². The molecule has 2 aromatic heterocycles. The van der Waals surface area contributed by atoms with Gasteiger partial charge in [-0.25, -0.2) is 9.37 Å². The SMILES string of the molecule is Cc1cc(C)n(CCN2CCC(Oc3ncccc3F)CC2)n1. The van der Waals surface area contributed by atoms with Crippen molar-refractivity contribution in [1.29, 1.82) is 0 Å². The number of aromatic nitrogens is 3. The van der Waals surface area contributed by atoms with Gasteiger partial charge < -0.3 is 9.64 Å². The van der Waals surface area contributed by atoms with Crippen LogP contribution in [0.4, 0.5) is 4.39 Å². The van der Waals surface area contributed by atoms with Crippen LogP contribution in [-0.2, 0) is 6.54 Å². The summed E-state index contributed by atoms with van der Waals surface area (Å²) in [5.41, 5.74) is 2.26. The maximum Gasteiger partial charge on any atom is 0.250 e. The van der Waals surface area contributed by atoms with E-state index in [0.29, 0.717) is 0 Å². The molecule has 1 saturated heterocycles. The van der Waals surface area contributed by atoms with Gasteiger partial charge in [0.15, 0.2) is 5.82 Å². The number of ether oxygens (including phenoxy) is 1. The fraction of sp³-hybridized carbons (Fsp3) is 0.529. The molecule has 23 heavy (non-hydrogen) atoms. The summed E-state index contributed by atoms with van der Waals surface area (Å²) in [6.07, 6.45) is 3.40. The van der Waals surface area contributed by atoms with Crippen molar-refractivity contribution in [1.82, 2.24) is 19.7 Å². The molecule has 0 radical (unpaired) electrons. The van der Waals surface area contributed by atoms with Gasteiger partial charge in [0.1, 0.15) is 6.10 Å². The molecule has 5 nitrogen and oxygen atoms in total. The second-order valence-electron chi connectivity index (χ2n) is 6.10. The molecule has 124 valence electrons. The number of hydrogen-bond acceptors (Lipinski definition) is 4. The molecule has 1 fully saturated rings. The number of piperidine rings is 1. The zero-order valence-electron chi connectivity index (χ0n) is 13.7. The van der Waals surface area contributed by atoms with Crippen LogP contribution in [0.3, 0.4) is 0 Å². The first-order valence-corrected chi connectivity index (χ1v) is 8.12. The maximum atomic E-state index is 13.6. The summed E-state index contributed by atoms with van der Waals surface area (Å²) in [7, 11) is 0. The topological polar surface area (TPSA) is 43.2 Å². The second-order valence-corrected chi connectivity index (χ2v) is 6.10. The van der Waals surface area contributed by atoms with Crippen molar-refractivity contribution in [2.75, 3.05) is 19.6 Å². The van der Waals surface area contributed by atoms with Gasteiger partial charge in [-0.1, -0.05) is 0 Å². The standard InChI is InChI=1S/C17H23FN4O/c1-13-12-14(2)22(20-13)11-10-21-8-5-15(6-9-21)23-17-16(18)4-3-7-19-17/h3-4,7,12,15H,5-6,8-11H2,1-2H3. The summed E-state index contributed by atoms with van der Waals surface area (Å²) in [5.74, 6) is -0.270. The van der Waals surface area contributed by atoms with Crippen LogP contribution in [0.15, 0.2) is 24.4 Å². The van der Waals surface area contributed by atoms with Gasteiger partial charge in [0, 0.05) is 31.5 Å². The van der Waals surface area contributed by atoms with E-state index in [1.54, 1.807) is 12.3 Å². The smallest absolute Gasteiger partial charge is 0.250 e. The molecule has 1 aliphatic heterocycles. The highest BCUT2D eigenvalue weighted by Crippen LogP contribution is 2.19. The minimum atomic E-state index is -0.389. The molecule has 0 amide bonds. The van der Waals surface area contributed by atoms with Crippen molar-refractivity contribution in [3.8, 4) is 5.88 Å². The number of rotatable bonds is 5. The second kappa shape index (κ2) is 7.08. The molecule has 0 N–H and O–H groups in total. The molecule has 0 aromatic carbocycles. The van der Waals surface area contributed by atoms with Crippen LogP contribution >= 0.6 is 0 Å². The van der Waals surface area contributed by atoms with E-state index in [1.165, 1.54) is 11.8 Å². The molecule has 0 saturated carbocycles. The van der Waals surface area contributed by atoms with E-state index in [0.717, 1.165) is 44.7 Å². The Morgan fingerprint density at radius 2 is 2.04 bits per heavy atom. The van der Waals surface area contributed by atoms with Gasteiger partial charge in [0.05, 0.1) is 12.2 Å². The number of hydrogen-bond donors (Lipinski definition) is 0. The number of halogens is 1. The maximum absolute atomic E-state index is 13.6. The number of likely N-dealkylation sites (tertiary alicyclic amines) is 1. The fourth-order valence-electron chi connectivity index (χ4n) is 3.00. The van der Waals surface area contributed by atoms with Gasteiger partial charge >= 0.3 is 0 Å². The Morgan fingerprint density at radius 1 is 1.26 bits per heavy atom. The average Bonchev–Trinajstić information content (AvgIpc) is 2.87.